The number of aliphatic hydroxyl groups excluding tert-OH is 1. The summed E-state index contributed by atoms with van der Waals surface area (Å²) in [7, 11) is 0. The number of ether oxygens (including phenoxy) is 3. The van der Waals surface area contributed by atoms with E-state index in [1.165, 1.54) is 4.90 Å². The van der Waals surface area contributed by atoms with Crippen molar-refractivity contribution in [2.24, 2.45) is 0 Å². The van der Waals surface area contributed by atoms with Crippen molar-refractivity contribution in [2.45, 2.75) is 19.4 Å². The number of ketones is 1. The Morgan fingerprint density at radius 1 is 0.971 bits per heavy atom. The van der Waals surface area contributed by atoms with Gasteiger partial charge in [0.25, 0.3) is 11.7 Å². The molecule has 2 aliphatic rings. The number of Topliss-reactive ketones (excluding diaryl/α,β-unsaturated/α-hetero) is 1. The van der Waals surface area contributed by atoms with Crippen LogP contribution in [0.25, 0.3) is 5.76 Å². The maximum Gasteiger partial charge on any atom is 0.300 e. The number of anilines is 1. The number of rotatable bonds is 6. The highest BCUT2D eigenvalue weighted by atomic mass is 16.6. The van der Waals surface area contributed by atoms with Crippen molar-refractivity contribution in [2.75, 3.05) is 24.7 Å². The summed E-state index contributed by atoms with van der Waals surface area (Å²) in [5.74, 6) is 0.0416. The Morgan fingerprint density at radius 2 is 1.69 bits per heavy atom. The third-order valence-corrected chi connectivity index (χ3v) is 5.96. The molecule has 0 aromatic heterocycles. The van der Waals surface area contributed by atoms with Crippen LogP contribution in [-0.2, 0) is 9.59 Å². The van der Waals surface area contributed by atoms with Gasteiger partial charge in [-0.25, -0.2) is 0 Å². The minimum absolute atomic E-state index is 0.0262. The molecule has 0 bridgehead atoms. The Hall–Kier alpha value is -4.26. The summed E-state index contributed by atoms with van der Waals surface area (Å²) < 4.78 is 16.9. The van der Waals surface area contributed by atoms with Crippen LogP contribution < -0.4 is 19.1 Å². The number of benzene rings is 3. The lowest BCUT2D eigenvalue weighted by atomic mass is 9.95. The normalized spacial score (nSPS) is 18.5. The molecule has 1 fully saturated rings. The van der Waals surface area contributed by atoms with E-state index in [0.717, 1.165) is 6.42 Å². The number of carbonyl (C=O) groups excluding carboxylic acids is 2. The maximum absolute atomic E-state index is 13.3. The first kappa shape index (κ1) is 22.5. The topological polar surface area (TPSA) is 85.3 Å². The second-order valence-corrected chi connectivity index (χ2v) is 8.28. The summed E-state index contributed by atoms with van der Waals surface area (Å²) >= 11 is 0. The van der Waals surface area contributed by atoms with Gasteiger partial charge < -0.3 is 19.3 Å². The Bertz CT molecular complexity index is 1280. The van der Waals surface area contributed by atoms with E-state index in [0.29, 0.717) is 53.9 Å². The van der Waals surface area contributed by atoms with Gasteiger partial charge in [-0.3, -0.25) is 14.5 Å². The number of carbonyl (C=O) groups is 2. The molecule has 35 heavy (non-hydrogen) atoms. The van der Waals surface area contributed by atoms with Crippen molar-refractivity contribution < 1.29 is 28.9 Å². The lowest BCUT2D eigenvalue weighted by Crippen LogP contribution is -2.29. The molecule has 3 aromatic rings. The lowest BCUT2D eigenvalue weighted by molar-refractivity contribution is -0.132. The molecule has 2 aliphatic heterocycles. The summed E-state index contributed by atoms with van der Waals surface area (Å²) in [6.45, 7) is 3.45. The summed E-state index contributed by atoms with van der Waals surface area (Å²) in [4.78, 5) is 28.0. The molecule has 7 heteroatoms. The molecular formula is C28H25NO6. The van der Waals surface area contributed by atoms with Crippen LogP contribution in [0.3, 0.4) is 0 Å². The van der Waals surface area contributed by atoms with E-state index in [4.69, 9.17) is 14.2 Å². The predicted octanol–water partition coefficient (Wildman–Crippen LogP) is 4.87. The Kier molecular flexibility index (Phi) is 6.14. The van der Waals surface area contributed by atoms with Gasteiger partial charge in [0.05, 0.1) is 18.2 Å². The van der Waals surface area contributed by atoms with Gasteiger partial charge in [-0.1, -0.05) is 37.3 Å². The minimum atomic E-state index is -0.810. The average Bonchev–Trinajstić information content (AvgIpc) is 3.17. The van der Waals surface area contributed by atoms with E-state index < -0.39 is 17.7 Å². The van der Waals surface area contributed by atoms with E-state index in [1.807, 2.05) is 37.3 Å². The van der Waals surface area contributed by atoms with Gasteiger partial charge in [-0.15, -0.1) is 0 Å². The highest BCUT2D eigenvalue weighted by Crippen LogP contribution is 2.44. The smallest absolute Gasteiger partial charge is 0.300 e. The van der Waals surface area contributed by atoms with Gasteiger partial charge in [-0.2, -0.15) is 0 Å². The third kappa shape index (κ3) is 4.21. The Labute approximate surface area is 203 Å². The van der Waals surface area contributed by atoms with Crippen molar-refractivity contribution in [1.29, 1.82) is 0 Å². The standard InChI is InChI=1S/C28H25NO6/c1-2-14-33-21-11-8-19(9-12-21)26(30)24-25(18-6-4-3-5-7-18)29(28(32)27(24)31)20-10-13-22-23(17-20)35-16-15-34-22/h3-13,17,25,30H,2,14-16H2,1H3/b26-24+. The van der Waals surface area contributed by atoms with E-state index in [9.17, 15) is 14.7 Å². The quantitative estimate of drug-likeness (QED) is 0.314. The van der Waals surface area contributed by atoms with Crippen molar-refractivity contribution in [3.63, 3.8) is 0 Å². The molecule has 1 saturated heterocycles. The maximum atomic E-state index is 13.3. The molecule has 1 amide bonds. The first-order chi connectivity index (χ1) is 17.1. The summed E-state index contributed by atoms with van der Waals surface area (Å²) in [5.41, 5.74) is 1.63. The minimum Gasteiger partial charge on any atom is -0.507 e. The van der Waals surface area contributed by atoms with Gasteiger partial charge in [0.15, 0.2) is 11.5 Å². The molecule has 7 nitrogen and oxygen atoms in total. The Morgan fingerprint density at radius 3 is 2.40 bits per heavy atom. The molecule has 5 rings (SSSR count). The number of hydrogen-bond acceptors (Lipinski definition) is 6. The lowest BCUT2D eigenvalue weighted by Gasteiger charge is -2.27. The fourth-order valence-corrected chi connectivity index (χ4v) is 4.32. The molecule has 178 valence electrons. The molecular weight excluding hydrogens is 446 g/mol. The fraction of sp³-hybridized carbons (Fsp3) is 0.214. The molecule has 1 atom stereocenters. The van der Waals surface area contributed by atoms with Crippen LogP contribution in [0.15, 0.2) is 78.4 Å². The van der Waals surface area contributed by atoms with Crippen LogP contribution in [0.2, 0.25) is 0 Å². The van der Waals surface area contributed by atoms with E-state index >= 15 is 0 Å². The van der Waals surface area contributed by atoms with Crippen molar-refractivity contribution in [1.82, 2.24) is 0 Å². The van der Waals surface area contributed by atoms with Gasteiger partial charge in [0, 0.05) is 17.3 Å². The fourth-order valence-electron chi connectivity index (χ4n) is 4.32. The number of amides is 1. The first-order valence-electron chi connectivity index (χ1n) is 11.6. The second-order valence-electron chi connectivity index (χ2n) is 8.28. The van der Waals surface area contributed by atoms with E-state index in [-0.39, 0.29) is 11.3 Å². The predicted molar refractivity (Wildman–Crippen MR) is 131 cm³/mol. The highest BCUT2D eigenvalue weighted by molar-refractivity contribution is 6.51. The SMILES string of the molecule is CCCOc1ccc(/C(O)=C2\C(=O)C(=O)N(c3ccc4c(c3)OCCO4)C2c2ccccc2)cc1. The van der Waals surface area contributed by atoms with Crippen molar-refractivity contribution >= 4 is 23.1 Å². The third-order valence-electron chi connectivity index (χ3n) is 5.96. The molecule has 0 aliphatic carbocycles. The molecule has 0 saturated carbocycles. The van der Waals surface area contributed by atoms with Gasteiger partial charge in [-0.05, 0) is 48.4 Å². The zero-order valence-electron chi connectivity index (χ0n) is 19.3. The summed E-state index contributed by atoms with van der Waals surface area (Å²) in [6, 6.07) is 20.3. The van der Waals surface area contributed by atoms with E-state index in [2.05, 4.69) is 0 Å². The molecule has 1 N–H and O–H groups in total. The molecule has 1 unspecified atom stereocenters. The number of hydrogen-bond donors (Lipinski definition) is 1. The van der Waals surface area contributed by atoms with E-state index in [1.54, 1.807) is 42.5 Å². The van der Waals surface area contributed by atoms with Crippen molar-refractivity contribution in [3.8, 4) is 17.2 Å². The van der Waals surface area contributed by atoms with Crippen LogP contribution in [-0.4, -0.2) is 36.6 Å². The molecule has 0 radical (unpaired) electrons. The van der Waals surface area contributed by atoms with Crippen LogP contribution in [0.1, 0.15) is 30.5 Å². The average molecular weight is 472 g/mol. The number of fused-ring (bicyclic) bond motifs is 1. The second kappa shape index (κ2) is 9.54. The first-order valence-corrected chi connectivity index (χ1v) is 11.6. The van der Waals surface area contributed by atoms with Crippen LogP contribution in [0, 0.1) is 0 Å². The molecule has 2 heterocycles. The van der Waals surface area contributed by atoms with Gasteiger partial charge >= 0.3 is 0 Å². The van der Waals surface area contributed by atoms with Crippen LogP contribution in [0.5, 0.6) is 17.2 Å². The number of aliphatic hydroxyl groups is 1. The zero-order valence-corrected chi connectivity index (χ0v) is 19.3. The van der Waals surface area contributed by atoms with Crippen LogP contribution in [0.4, 0.5) is 5.69 Å². The van der Waals surface area contributed by atoms with Gasteiger partial charge in [0.2, 0.25) is 0 Å². The van der Waals surface area contributed by atoms with Gasteiger partial charge in [0.1, 0.15) is 24.7 Å². The number of nitrogens with zero attached hydrogens (tertiary/aromatic N) is 1. The molecule has 0 spiro atoms. The Balaban J connectivity index is 1.61. The summed E-state index contributed by atoms with van der Waals surface area (Å²) in [5, 5.41) is 11.3. The summed E-state index contributed by atoms with van der Waals surface area (Å²) in [6.07, 6.45) is 0.877. The highest BCUT2D eigenvalue weighted by Gasteiger charge is 2.47. The van der Waals surface area contributed by atoms with Crippen LogP contribution >= 0.6 is 0 Å². The monoisotopic (exact) mass is 471 g/mol. The molecule has 3 aromatic carbocycles. The largest absolute Gasteiger partial charge is 0.507 e. The van der Waals surface area contributed by atoms with Crippen molar-refractivity contribution in [3.05, 3.63) is 89.5 Å². The zero-order chi connectivity index (χ0) is 24.4.